The van der Waals surface area contributed by atoms with Crippen molar-refractivity contribution in [2.45, 2.75) is 32.4 Å². The molecule has 0 radical (unpaired) electrons. The van der Waals surface area contributed by atoms with Gasteiger partial charge in [0.15, 0.2) is 5.96 Å². The summed E-state index contributed by atoms with van der Waals surface area (Å²) < 4.78 is 1.13. The summed E-state index contributed by atoms with van der Waals surface area (Å²) in [5.41, 5.74) is 0.925. The molecule has 2 heterocycles. The third-order valence-electron chi connectivity index (χ3n) is 4.31. The summed E-state index contributed by atoms with van der Waals surface area (Å²) in [6.07, 6.45) is 1.86. The first-order valence-corrected chi connectivity index (χ1v) is 9.52. The van der Waals surface area contributed by atoms with Crippen LogP contribution < -0.4 is 10.6 Å². The van der Waals surface area contributed by atoms with Crippen molar-refractivity contribution in [3.8, 4) is 0 Å². The summed E-state index contributed by atoms with van der Waals surface area (Å²) in [6, 6.07) is 6.09. The molecule has 0 spiro atoms. The fraction of sp³-hybridized carbons (Fsp3) is 0.471. The molecule has 6 nitrogen and oxygen atoms in total. The van der Waals surface area contributed by atoms with E-state index in [1.807, 2.05) is 23.1 Å². The second-order valence-corrected chi connectivity index (χ2v) is 7.62. The van der Waals surface area contributed by atoms with Crippen LogP contribution in [0.3, 0.4) is 0 Å². The number of hydrogen-bond donors (Lipinski definition) is 2. The molecule has 0 unspecified atom stereocenters. The first kappa shape index (κ1) is 21.2. The number of carbonyl (C=O) groups excluding carboxylic acids is 1. The van der Waals surface area contributed by atoms with E-state index in [4.69, 9.17) is 11.6 Å². The largest absolute Gasteiger partial charge is 0.354 e. The topological polar surface area (TPSA) is 69.6 Å². The van der Waals surface area contributed by atoms with Crippen molar-refractivity contribution >= 4 is 69.0 Å². The Morgan fingerprint density at radius 2 is 2.15 bits per heavy atom. The highest BCUT2D eigenvalue weighted by atomic mass is 127. The Balaban J connectivity index is 0.00000243. The Kier molecular flexibility index (Phi) is 7.90. The maximum Gasteiger partial charge on any atom is 0.219 e. The zero-order valence-electron chi connectivity index (χ0n) is 14.8. The third kappa shape index (κ3) is 5.43. The Hall–Kier alpha value is -1.13. The minimum Gasteiger partial charge on any atom is -0.354 e. The van der Waals surface area contributed by atoms with Gasteiger partial charge in [0.2, 0.25) is 5.91 Å². The lowest BCUT2D eigenvalue weighted by atomic mass is 10.1. The van der Waals surface area contributed by atoms with Crippen LogP contribution in [0, 0.1) is 0 Å². The molecule has 1 fully saturated rings. The zero-order valence-corrected chi connectivity index (χ0v) is 18.7. The quantitative estimate of drug-likeness (QED) is 0.380. The van der Waals surface area contributed by atoms with E-state index in [9.17, 15) is 4.79 Å². The molecule has 0 bridgehead atoms. The molecular weight excluding hydrogens is 485 g/mol. The second kappa shape index (κ2) is 9.70. The van der Waals surface area contributed by atoms with E-state index in [0.29, 0.717) is 17.6 Å². The first-order chi connectivity index (χ1) is 12.0. The summed E-state index contributed by atoms with van der Waals surface area (Å²) in [5.74, 6) is 0.912. The van der Waals surface area contributed by atoms with Gasteiger partial charge in [-0.25, -0.2) is 4.98 Å². The van der Waals surface area contributed by atoms with Gasteiger partial charge in [-0.1, -0.05) is 11.6 Å². The lowest BCUT2D eigenvalue weighted by Crippen LogP contribution is -2.49. The van der Waals surface area contributed by atoms with Crippen LogP contribution >= 0.6 is 46.9 Å². The Labute approximate surface area is 179 Å². The van der Waals surface area contributed by atoms with Crippen LogP contribution in [0.25, 0.3) is 10.2 Å². The van der Waals surface area contributed by atoms with E-state index in [1.54, 1.807) is 25.3 Å². The highest BCUT2D eigenvalue weighted by molar-refractivity contribution is 14.0. The van der Waals surface area contributed by atoms with Gasteiger partial charge in [-0.15, -0.1) is 35.3 Å². The molecule has 2 N–H and O–H groups in total. The number of rotatable bonds is 3. The summed E-state index contributed by atoms with van der Waals surface area (Å²) in [4.78, 5) is 22.2. The third-order valence-corrected chi connectivity index (χ3v) is 5.58. The number of amides is 1. The van der Waals surface area contributed by atoms with Crippen LogP contribution in [0.2, 0.25) is 5.02 Å². The van der Waals surface area contributed by atoms with Crippen molar-refractivity contribution in [2.24, 2.45) is 4.99 Å². The predicted molar refractivity (Wildman–Crippen MR) is 119 cm³/mol. The molecule has 1 amide bonds. The van der Waals surface area contributed by atoms with Crippen molar-refractivity contribution < 1.29 is 4.79 Å². The molecule has 9 heteroatoms. The summed E-state index contributed by atoms with van der Waals surface area (Å²) in [6.45, 7) is 3.83. The fourth-order valence-corrected chi connectivity index (χ4v) is 3.96. The molecule has 0 atom stereocenters. The van der Waals surface area contributed by atoms with E-state index in [0.717, 1.165) is 47.1 Å². The van der Waals surface area contributed by atoms with Crippen LogP contribution in [0.4, 0.5) is 0 Å². The number of aliphatic imine (C=N–C) groups is 1. The van der Waals surface area contributed by atoms with Gasteiger partial charge in [-0.05, 0) is 31.0 Å². The van der Waals surface area contributed by atoms with Crippen molar-refractivity contribution in [3.05, 3.63) is 28.2 Å². The van der Waals surface area contributed by atoms with Crippen molar-refractivity contribution in [2.75, 3.05) is 20.1 Å². The average Bonchev–Trinajstić information content (AvgIpc) is 3.00. The van der Waals surface area contributed by atoms with Crippen LogP contribution in [-0.2, 0) is 11.3 Å². The highest BCUT2D eigenvalue weighted by Crippen LogP contribution is 2.24. The molecule has 1 aliphatic rings. The fourth-order valence-electron chi connectivity index (χ4n) is 2.91. The maximum atomic E-state index is 11.4. The predicted octanol–water partition coefficient (Wildman–Crippen LogP) is 3.24. The van der Waals surface area contributed by atoms with E-state index >= 15 is 0 Å². The minimum atomic E-state index is 0. The van der Waals surface area contributed by atoms with E-state index < -0.39 is 0 Å². The number of nitrogens with one attached hydrogen (secondary N) is 2. The van der Waals surface area contributed by atoms with Crippen LogP contribution in [0.1, 0.15) is 24.8 Å². The Bertz CT molecular complexity index is 789. The average molecular weight is 508 g/mol. The second-order valence-electron chi connectivity index (χ2n) is 6.07. The number of benzene rings is 1. The molecule has 1 aromatic carbocycles. The molecular formula is C17H23ClIN5OS. The summed E-state index contributed by atoms with van der Waals surface area (Å²) >= 11 is 7.66. The standard InChI is InChI=1S/C17H22ClN5OS.HI/c1-11(24)23-7-5-13(6-8-23)21-17(19-2)20-10-16-22-14-9-12(18)3-4-15(14)25-16;/h3-4,9,13H,5-8,10H2,1-2H3,(H2,19,20,21);1H. The van der Waals surface area contributed by atoms with Gasteiger partial charge >= 0.3 is 0 Å². The monoisotopic (exact) mass is 507 g/mol. The van der Waals surface area contributed by atoms with Gasteiger partial charge in [0.25, 0.3) is 0 Å². The Morgan fingerprint density at radius 1 is 1.42 bits per heavy atom. The van der Waals surface area contributed by atoms with E-state index in [2.05, 4.69) is 20.6 Å². The smallest absolute Gasteiger partial charge is 0.219 e. The lowest BCUT2D eigenvalue weighted by Gasteiger charge is -2.32. The number of guanidine groups is 1. The van der Waals surface area contributed by atoms with E-state index in [-0.39, 0.29) is 29.9 Å². The van der Waals surface area contributed by atoms with Crippen LogP contribution in [0.5, 0.6) is 0 Å². The van der Waals surface area contributed by atoms with Gasteiger partial charge in [-0.2, -0.15) is 0 Å². The number of nitrogens with zero attached hydrogens (tertiary/aromatic N) is 3. The van der Waals surface area contributed by atoms with Crippen molar-refractivity contribution in [1.82, 2.24) is 20.5 Å². The van der Waals surface area contributed by atoms with Gasteiger partial charge < -0.3 is 15.5 Å². The molecule has 3 rings (SSSR count). The number of halogens is 2. The summed E-state index contributed by atoms with van der Waals surface area (Å²) in [5, 5.41) is 8.44. The van der Waals surface area contributed by atoms with Crippen LogP contribution in [0.15, 0.2) is 23.2 Å². The minimum absolute atomic E-state index is 0. The SMILES string of the molecule is CN=C(NCc1nc2cc(Cl)ccc2s1)NC1CCN(C(C)=O)CC1.I. The highest BCUT2D eigenvalue weighted by Gasteiger charge is 2.21. The van der Waals surface area contributed by atoms with Crippen LogP contribution in [-0.4, -0.2) is 47.9 Å². The molecule has 0 saturated carbocycles. The number of aromatic nitrogens is 1. The number of piperidine rings is 1. The lowest BCUT2D eigenvalue weighted by molar-refractivity contribution is -0.129. The number of thiazole rings is 1. The van der Waals surface area contributed by atoms with Gasteiger partial charge in [0.05, 0.1) is 16.8 Å². The molecule has 2 aromatic rings. The molecule has 0 aliphatic carbocycles. The molecule has 1 aromatic heterocycles. The number of hydrogen-bond acceptors (Lipinski definition) is 4. The molecule has 26 heavy (non-hydrogen) atoms. The normalized spacial score (nSPS) is 15.7. The first-order valence-electron chi connectivity index (χ1n) is 8.33. The number of likely N-dealkylation sites (tertiary alicyclic amines) is 1. The van der Waals surface area contributed by atoms with Crippen molar-refractivity contribution in [3.63, 3.8) is 0 Å². The molecule has 1 saturated heterocycles. The van der Waals surface area contributed by atoms with Gasteiger partial charge in [0.1, 0.15) is 5.01 Å². The zero-order chi connectivity index (χ0) is 17.8. The molecule has 1 aliphatic heterocycles. The van der Waals surface area contributed by atoms with Gasteiger partial charge in [0, 0.05) is 38.1 Å². The van der Waals surface area contributed by atoms with Gasteiger partial charge in [-0.3, -0.25) is 9.79 Å². The maximum absolute atomic E-state index is 11.4. The van der Waals surface area contributed by atoms with Crippen molar-refractivity contribution in [1.29, 1.82) is 0 Å². The summed E-state index contributed by atoms with van der Waals surface area (Å²) in [7, 11) is 1.76. The number of carbonyl (C=O) groups is 1. The van der Waals surface area contributed by atoms with E-state index in [1.165, 1.54) is 0 Å². The molecule has 142 valence electrons. The number of fused-ring (bicyclic) bond motifs is 1. The Morgan fingerprint density at radius 3 is 2.81 bits per heavy atom.